The van der Waals surface area contributed by atoms with Gasteiger partial charge in [0.05, 0.1) is 19.5 Å². The van der Waals surface area contributed by atoms with Crippen molar-refractivity contribution in [3.05, 3.63) is 53.5 Å². The molecule has 4 nitrogen and oxygen atoms in total. The molecule has 2 aliphatic rings. The first-order valence-corrected chi connectivity index (χ1v) is 19.4. The fraction of sp³-hybridized carbons (Fsp3) is 0.444. The number of fused-ring (bicyclic) bond motifs is 2. The Morgan fingerprint density at radius 2 is 0.932 bits per heavy atom. The van der Waals surface area contributed by atoms with Crippen molar-refractivity contribution in [2.24, 2.45) is 0 Å². The molecule has 0 aromatic carbocycles. The molecule has 6 rings (SSSR count). The summed E-state index contributed by atoms with van der Waals surface area (Å²) in [6, 6.07) is 9.02. The van der Waals surface area contributed by atoms with Crippen molar-refractivity contribution in [2.45, 2.75) is 78.1 Å². The summed E-state index contributed by atoms with van der Waals surface area (Å²) in [6.45, 7) is 6.73. The van der Waals surface area contributed by atoms with Crippen LogP contribution in [-0.4, -0.2) is 26.4 Å². The van der Waals surface area contributed by atoms with E-state index >= 15 is 0 Å². The van der Waals surface area contributed by atoms with Gasteiger partial charge < -0.3 is 18.9 Å². The minimum absolute atomic E-state index is 0.545. The highest BCUT2D eigenvalue weighted by atomic mass is 32.1. The number of hydrogen-bond donors (Lipinski definition) is 0. The first-order chi connectivity index (χ1) is 21.7. The predicted octanol–water partition coefficient (Wildman–Crippen LogP) is 11.7. The Kier molecular flexibility index (Phi) is 11.2. The minimum atomic E-state index is 0.545. The lowest BCUT2D eigenvalue weighted by Crippen LogP contribution is -2.15. The van der Waals surface area contributed by atoms with Crippen LogP contribution in [0.5, 0.6) is 23.0 Å². The van der Waals surface area contributed by atoms with Gasteiger partial charge in [-0.3, -0.25) is 0 Å². The van der Waals surface area contributed by atoms with E-state index in [1.165, 1.54) is 83.7 Å². The summed E-state index contributed by atoms with van der Waals surface area (Å²) in [5, 5.41) is 0. The van der Waals surface area contributed by atoms with Gasteiger partial charge in [0.1, 0.15) is 26.4 Å². The SMILES string of the molecule is CCCCCCc1ccc(/C=C/c2sc(-c3sc(/C=C/c4ccc(CCCCCC)s4)c4c3OCCO4)c3c2OCCO3)s1. The molecule has 0 N–H and O–H groups in total. The number of thiophene rings is 4. The largest absolute Gasteiger partial charge is 0.485 e. The standard InChI is InChI=1S/C36H42O4S4/c1-3-5-7-9-11-25-13-15-27(41-25)17-19-29-31-33(39-23-21-37-31)35(43-29)36-34-32(38-22-24-40-34)30(44-36)20-18-28-16-14-26(42-28)12-10-8-6-4-2/h13-20H,3-12,21-24H2,1-2H3/b19-17+,20-18+. The molecule has 0 atom stereocenters. The maximum Gasteiger partial charge on any atom is 0.181 e. The molecule has 2 aliphatic heterocycles. The van der Waals surface area contributed by atoms with E-state index in [2.05, 4.69) is 62.4 Å². The van der Waals surface area contributed by atoms with Gasteiger partial charge in [-0.25, -0.2) is 0 Å². The van der Waals surface area contributed by atoms with E-state index in [0.717, 1.165) is 42.5 Å². The van der Waals surface area contributed by atoms with Gasteiger partial charge in [0, 0.05) is 19.5 Å². The van der Waals surface area contributed by atoms with E-state index in [1.54, 1.807) is 22.7 Å². The number of unbranched alkanes of at least 4 members (excludes halogenated alkanes) is 6. The number of ether oxygens (including phenoxy) is 4. The highest BCUT2D eigenvalue weighted by molar-refractivity contribution is 7.24. The normalized spacial score (nSPS) is 14.3. The summed E-state index contributed by atoms with van der Waals surface area (Å²) < 4.78 is 24.8. The Balaban J connectivity index is 1.23. The van der Waals surface area contributed by atoms with Crippen molar-refractivity contribution in [3.63, 3.8) is 0 Å². The lowest BCUT2D eigenvalue weighted by molar-refractivity contribution is 0.171. The van der Waals surface area contributed by atoms with Crippen LogP contribution < -0.4 is 18.9 Å². The number of rotatable bonds is 15. The summed E-state index contributed by atoms with van der Waals surface area (Å²) in [5.41, 5.74) is 0. The smallest absolute Gasteiger partial charge is 0.181 e. The molecule has 0 saturated carbocycles. The van der Waals surface area contributed by atoms with Crippen molar-refractivity contribution in [1.29, 1.82) is 0 Å². The Bertz CT molecular complexity index is 1450. The molecule has 4 aromatic heterocycles. The van der Waals surface area contributed by atoms with Crippen molar-refractivity contribution in [2.75, 3.05) is 26.4 Å². The molecule has 0 radical (unpaired) electrons. The van der Waals surface area contributed by atoms with Gasteiger partial charge in [0.15, 0.2) is 23.0 Å². The molecule has 6 heterocycles. The van der Waals surface area contributed by atoms with Crippen molar-refractivity contribution < 1.29 is 18.9 Å². The van der Waals surface area contributed by atoms with E-state index in [0.29, 0.717) is 26.4 Å². The lowest BCUT2D eigenvalue weighted by Gasteiger charge is -2.18. The molecule has 0 aliphatic carbocycles. The van der Waals surface area contributed by atoms with Crippen LogP contribution in [0.1, 0.15) is 94.5 Å². The van der Waals surface area contributed by atoms with Gasteiger partial charge in [0.2, 0.25) is 0 Å². The molecule has 0 unspecified atom stereocenters. The van der Waals surface area contributed by atoms with Crippen LogP contribution in [0.3, 0.4) is 0 Å². The molecule has 44 heavy (non-hydrogen) atoms. The molecular formula is C36H42O4S4. The van der Waals surface area contributed by atoms with Crippen molar-refractivity contribution in [1.82, 2.24) is 0 Å². The molecule has 0 saturated heterocycles. The minimum Gasteiger partial charge on any atom is -0.485 e. The third kappa shape index (κ3) is 7.64. The highest BCUT2D eigenvalue weighted by Gasteiger charge is 2.31. The van der Waals surface area contributed by atoms with E-state index in [1.807, 2.05) is 22.7 Å². The first-order valence-electron chi connectivity index (χ1n) is 16.1. The van der Waals surface area contributed by atoms with Crippen molar-refractivity contribution in [3.8, 4) is 32.8 Å². The zero-order chi connectivity index (χ0) is 30.1. The first kappa shape index (κ1) is 31.5. The number of hydrogen-bond acceptors (Lipinski definition) is 8. The van der Waals surface area contributed by atoms with Crippen LogP contribution in [0.25, 0.3) is 34.1 Å². The summed E-state index contributed by atoms with van der Waals surface area (Å²) in [7, 11) is 0. The van der Waals surface area contributed by atoms with Crippen LogP contribution in [0.2, 0.25) is 0 Å². The number of aryl methyl sites for hydroxylation is 2. The fourth-order valence-electron chi connectivity index (χ4n) is 5.47. The van der Waals surface area contributed by atoms with Gasteiger partial charge in [-0.2, -0.15) is 0 Å². The maximum absolute atomic E-state index is 6.24. The second kappa shape index (κ2) is 15.7. The average Bonchev–Trinajstić information content (AvgIpc) is 3.85. The monoisotopic (exact) mass is 666 g/mol. The van der Waals surface area contributed by atoms with Crippen LogP contribution in [0.15, 0.2) is 24.3 Å². The second-order valence-corrected chi connectivity index (χ2v) is 15.7. The van der Waals surface area contributed by atoms with Gasteiger partial charge in [0.25, 0.3) is 0 Å². The molecular weight excluding hydrogens is 625 g/mol. The molecule has 0 bridgehead atoms. The van der Waals surface area contributed by atoms with Gasteiger partial charge in [-0.05, 0) is 74.3 Å². The molecule has 0 amide bonds. The van der Waals surface area contributed by atoms with Crippen molar-refractivity contribution >= 4 is 69.7 Å². The second-order valence-electron chi connectivity index (χ2n) is 11.2. The molecule has 234 valence electrons. The molecule has 0 fully saturated rings. The quantitative estimate of drug-likeness (QED) is 0.118. The summed E-state index contributed by atoms with van der Waals surface area (Å²) in [4.78, 5) is 9.73. The highest BCUT2D eigenvalue weighted by Crippen LogP contribution is 2.58. The summed E-state index contributed by atoms with van der Waals surface area (Å²) in [5.74, 6) is 3.32. The maximum atomic E-state index is 6.24. The van der Waals surface area contributed by atoms with Gasteiger partial charge in [-0.15, -0.1) is 45.3 Å². The van der Waals surface area contributed by atoms with Gasteiger partial charge in [-0.1, -0.05) is 52.4 Å². The Morgan fingerprint density at radius 3 is 1.36 bits per heavy atom. The molecule has 4 aromatic rings. The lowest BCUT2D eigenvalue weighted by atomic mass is 10.1. The predicted molar refractivity (Wildman–Crippen MR) is 192 cm³/mol. The topological polar surface area (TPSA) is 36.9 Å². The van der Waals surface area contributed by atoms with Gasteiger partial charge >= 0.3 is 0 Å². The van der Waals surface area contributed by atoms with Crippen LogP contribution >= 0.6 is 45.3 Å². The summed E-state index contributed by atoms with van der Waals surface area (Å²) >= 11 is 7.19. The van der Waals surface area contributed by atoms with E-state index in [9.17, 15) is 0 Å². The Morgan fingerprint density at radius 1 is 0.500 bits per heavy atom. The molecule has 0 spiro atoms. The Labute approximate surface area is 278 Å². The van der Waals surface area contributed by atoms with Crippen LogP contribution in [0.4, 0.5) is 0 Å². The summed E-state index contributed by atoms with van der Waals surface area (Å²) in [6.07, 6.45) is 21.5. The van der Waals surface area contributed by atoms with E-state index in [-0.39, 0.29) is 0 Å². The zero-order valence-electron chi connectivity index (χ0n) is 25.8. The van der Waals surface area contributed by atoms with Crippen LogP contribution in [0, 0.1) is 0 Å². The fourth-order valence-corrected chi connectivity index (χ4v) is 9.69. The van der Waals surface area contributed by atoms with E-state index < -0.39 is 0 Å². The Hall–Kier alpha value is -2.52. The van der Waals surface area contributed by atoms with Crippen LogP contribution in [-0.2, 0) is 12.8 Å². The zero-order valence-corrected chi connectivity index (χ0v) is 29.1. The third-order valence-electron chi connectivity index (χ3n) is 7.77. The third-order valence-corrected chi connectivity index (χ3v) is 12.4. The van der Waals surface area contributed by atoms with E-state index in [4.69, 9.17) is 18.9 Å². The average molecular weight is 667 g/mol. The molecule has 8 heteroatoms.